The molecule has 1 amide bonds. The summed E-state index contributed by atoms with van der Waals surface area (Å²) in [5.74, 6) is 2.38. The van der Waals surface area contributed by atoms with Gasteiger partial charge in [0.05, 0.1) is 6.04 Å². The number of aromatic nitrogens is 2. The van der Waals surface area contributed by atoms with Gasteiger partial charge < -0.3 is 19.9 Å². The predicted octanol–water partition coefficient (Wildman–Crippen LogP) is 2.53. The molecule has 3 rings (SSSR count). The first-order valence-corrected chi connectivity index (χ1v) is 9.05. The van der Waals surface area contributed by atoms with Crippen molar-refractivity contribution in [2.45, 2.75) is 52.2 Å². The lowest BCUT2D eigenvalue weighted by molar-refractivity contribution is 0.0165. The summed E-state index contributed by atoms with van der Waals surface area (Å²) in [7, 11) is 2.07. The fraction of sp³-hybridized carbons (Fsp3) is 0.722. The zero-order valence-corrected chi connectivity index (χ0v) is 15.9. The van der Waals surface area contributed by atoms with E-state index >= 15 is 0 Å². The van der Waals surface area contributed by atoms with Crippen LogP contribution >= 0.6 is 0 Å². The van der Waals surface area contributed by atoms with Crippen molar-refractivity contribution in [1.82, 2.24) is 14.9 Å². The fourth-order valence-corrected chi connectivity index (χ4v) is 3.60. The van der Waals surface area contributed by atoms with E-state index in [2.05, 4.69) is 34.2 Å². The van der Waals surface area contributed by atoms with E-state index in [1.165, 1.54) is 5.56 Å². The second-order valence-corrected chi connectivity index (χ2v) is 8.07. The number of nitrogens with one attached hydrogen (secondary N) is 1. The minimum Gasteiger partial charge on any atom is -0.444 e. The molecule has 7 nitrogen and oxygen atoms in total. The lowest BCUT2D eigenvalue weighted by Gasteiger charge is -2.42. The van der Waals surface area contributed by atoms with Crippen molar-refractivity contribution in [2.75, 3.05) is 36.9 Å². The van der Waals surface area contributed by atoms with E-state index in [4.69, 9.17) is 4.74 Å². The normalized spacial score (nSPS) is 23.0. The average Bonchev–Trinajstić information content (AvgIpc) is 3.01. The van der Waals surface area contributed by atoms with Crippen LogP contribution in [0.4, 0.5) is 16.4 Å². The molecule has 0 aromatic carbocycles. The van der Waals surface area contributed by atoms with Gasteiger partial charge in [-0.2, -0.15) is 0 Å². The number of piperidine rings is 1. The summed E-state index contributed by atoms with van der Waals surface area (Å²) in [5.41, 5.74) is 0.701. The van der Waals surface area contributed by atoms with Gasteiger partial charge >= 0.3 is 6.09 Å². The monoisotopic (exact) mass is 347 g/mol. The minimum atomic E-state index is -0.472. The van der Waals surface area contributed by atoms with E-state index in [1.54, 1.807) is 6.33 Å². The van der Waals surface area contributed by atoms with Gasteiger partial charge in [0.25, 0.3) is 0 Å². The molecule has 0 bridgehead atoms. The molecular formula is C18H29N5O2. The van der Waals surface area contributed by atoms with Crippen LogP contribution in [-0.2, 0) is 11.2 Å². The number of ether oxygens (including phenoxy) is 1. The zero-order chi connectivity index (χ0) is 18.2. The number of nitrogens with zero attached hydrogens (tertiary/aromatic N) is 4. The van der Waals surface area contributed by atoms with Crippen molar-refractivity contribution >= 4 is 17.7 Å². The van der Waals surface area contributed by atoms with Crippen LogP contribution < -0.4 is 10.2 Å². The van der Waals surface area contributed by atoms with E-state index < -0.39 is 5.60 Å². The number of anilines is 2. The lowest BCUT2D eigenvalue weighted by Crippen LogP contribution is -2.53. The summed E-state index contributed by atoms with van der Waals surface area (Å²) >= 11 is 0. The Morgan fingerprint density at radius 3 is 2.88 bits per heavy atom. The van der Waals surface area contributed by atoms with Crippen molar-refractivity contribution in [1.29, 1.82) is 0 Å². The molecule has 25 heavy (non-hydrogen) atoms. The van der Waals surface area contributed by atoms with Crippen molar-refractivity contribution in [3.05, 3.63) is 11.9 Å². The molecule has 2 aliphatic rings. The first kappa shape index (κ1) is 17.8. The Balaban J connectivity index is 1.76. The van der Waals surface area contributed by atoms with E-state index in [1.807, 2.05) is 25.7 Å². The first-order chi connectivity index (χ1) is 11.8. The molecule has 0 unspecified atom stereocenters. The number of amides is 1. The molecule has 0 radical (unpaired) electrons. The van der Waals surface area contributed by atoms with Gasteiger partial charge in [0.2, 0.25) is 0 Å². The summed E-state index contributed by atoms with van der Waals surface area (Å²) in [6.45, 7) is 10.2. The van der Waals surface area contributed by atoms with E-state index in [0.717, 1.165) is 37.6 Å². The lowest BCUT2D eigenvalue weighted by atomic mass is 9.92. The largest absolute Gasteiger partial charge is 0.444 e. The Morgan fingerprint density at radius 1 is 1.40 bits per heavy atom. The third-order valence-electron chi connectivity index (χ3n) is 4.99. The molecule has 1 saturated heterocycles. The van der Waals surface area contributed by atoms with Gasteiger partial charge in [0.1, 0.15) is 23.6 Å². The Bertz CT molecular complexity index is 643. The molecule has 1 aromatic rings. The zero-order valence-electron chi connectivity index (χ0n) is 15.9. The summed E-state index contributed by atoms with van der Waals surface area (Å²) in [4.78, 5) is 25.4. The average molecular weight is 347 g/mol. The number of rotatable bonds is 2. The van der Waals surface area contributed by atoms with Crippen molar-refractivity contribution in [2.24, 2.45) is 5.92 Å². The Morgan fingerprint density at radius 2 is 2.16 bits per heavy atom. The summed E-state index contributed by atoms with van der Waals surface area (Å²) in [6.07, 6.45) is 3.28. The van der Waals surface area contributed by atoms with Gasteiger partial charge in [0.15, 0.2) is 0 Å². The quantitative estimate of drug-likeness (QED) is 0.886. The predicted molar refractivity (Wildman–Crippen MR) is 98.0 cm³/mol. The second-order valence-electron chi connectivity index (χ2n) is 8.07. The number of likely N-dealkylation sites (tertiary alicyclic amines) is 1. The first-order valence-electron chi connectivity index (χ1n) is 9.05. The molecule has 2 atom stereocenters. The smallest absolute Gasteiger partial charge is 0.410 e. The van der Waals surface area contributed by atoms with Gasteiger partial charge in [-0.3, -0.25) is 0 Å². The summed E-state index contributed by atoms with van der Waals surface area (Å²) in [5, 5.41) is 3.30. The van der Waals surface area contributed by atoms with Gasteiger partial charge in [0, 0.05) is 32.2 Å². The highest BCUT2D eigenvalue weighted by Crippen LogP contribution is 2.31. The van der Waals surface area contributed by atoms with E-state index in [9.17, 15) is 4.79 Å². The van der Waals surface area contributed by atoms with Crippen LogP contribution in [0.25, 0.3) is 0 Å². The molecule has 0 spiro atoms. The van der Waals surface area contributed by atoms with Gasteiger partial charge in [-0.05, 0) is 39.5 Å². The SMILES string of the molecule is C[C@@H]1CCN(C(=O)OC(C)(C)C)C[C@@H]1N(C)c1ncnc2c1CCN2. The van der Waals surface area contributed by atoms with Crippen LogP contribution in [0.1, 0.15) is 39.7 Å². The van der Waals surface area contributed by atoms with Gasteiger partial charge in [-0.25, -0.2) is 14.8 Å². The standard InChI is InChI=1S/C18H29N5O2/c1-12-7-9-23(17(24)25-18(2,3)4)10-14(12)22(5)16-13-6-8-19-15(13)20-11-21-16/h11-12,14H,6-10H2,1-5H3,(H,19,20,21)/t12-,14+/m1/s1. The van der Waals surface area contributed by atoms with Crippen molar-refractivity contribution in [3.63, 3.8) is 0 Å². The Kier molecular flexibility index (Phi) is 4.75. The minimum absolute atomic E-state index is 0.209. The topological polar surface area (TPSA) is 70.6 Å². The maximum Gasteiger partial charge on any atom is 0.410 e. The highest BCUT2D eigenvalue weighted by atomic mass is 16.6. The third kappa shape index (κ3) is 3.80. The molecule has 1 N–H and O–H groups in total. The number of carbonyl (C=O) groups excluding carboxylic acids is 1. The number of hydrogen-bond donors (Lipinski definition) is 1. The number of carbonyl (C=O) groups is 1. The number of likely N-dealkylation sites (N-methyl/N-ethyl adjacent to an activating group) is 1. The summed E-state index contributed by atoms with van der Waals surface area (Å²) in [6, 6.07) is 0.209. The van der Waals surface area contributed by atoms with E-state index in [0.29, 0.717) is 12.5 Å². The van der Waals surface area contributed by atoms with Gasteiger partial charge in [-0.1, -0.05) is 6.92 Å². The molecule has 138 valence electrons. The van der Waals surface area contributed by atoms with Crippen molar-refractivity contribution < 1.29 is 9.53 Å². The number of fused-ring (bicyclic) bond motifs is 1. The highest BCUT2D eigenvalue weighted by molar-refractivity contribution is 5.68. The van der Waals surface area contributed by atoms with E-state index in [-0.39, 0.29) is 12.1 Å². The molecule has 0 aliphatic carbocycles. The molecular weight excluding hydrogens is 318 g/mol. The molecule has 0 saturated carbocycles. The maximum atomic E-state index is 12.5. The third-order valence-corrected chi connectivity index (χ3v) is 4.99. The maximum absolute atomic E-state index is 12.5. The highest BCUT2D eigenvalue weighted by Gasteiger charge is 2.35. The molecule has 3 heterocycles. The molecule has 1 fully saturated rings. The van der Waals surface area contributed by atoms with Crippen LogP contribution in [0.15, 0.2) is 6.33 Å². The van der Waals surface area contributed by atoms with Crippen LogP contribution in [0.2, 0.25) is 0 Å². The second kappa shape index (κ2) is 6.69. The van der Waals surface area contributed by atoms with Crippen LogP contribution in [0.3, 0.4) is 0 Å². The van der Waals surface area contributed by atoms with Crippen LogP contribution in [0, 0.1) is 5.92 Å². The Labute approximate surface area is 149 Å². The number of hydrogen-bond acceptors (Lipinski definition) is 6. The van der Waals surface area contributed by atoms with Crippen LogP contribution in [0.5, 0.6) is 0 Å². The van der Waals surface area contributed by atoms with Crippen molar-refractivity contribution in [3.8, 4) is 0 Å². The van der Waals surface area contributed by atoms with Crippen LogP contribution in [-0.4, -0.2) is 59.3 Å². The Hall–Kier alpha value is -2.05. The van der Waals surface area contributed by atoms with Gasteiger partial charge in [-0.15, -0.1) is 0 Å². The molecule has 2 aliphatic heterocycles. The fourth-order valence-electron chi connectivity index (χ4n) is 3.60. The molecule has 7 heteroatoms. The summed E-state index contributed by atoms with van der Waals surface area (Å²) < 4.78 is 5.55. The molecule has 1 aromatic heterocycles.